The fraction of sp³-hybridized carbons (Fsp3) is 0.500. The molecule has 1 aliphatic rings. The SMILES string of the molecule is CC(C)C(=O)NCc1ccc(C(=O)N2CCSCC2)cc1. The van der Waals surface area contributed by atoms with Gasteiger partial charge in [0.05, 0.1) is 0 Å². The van der Waals surface area contributed by atoms with E-state index >= 15 is 0 Å². The Morgan fingerprint density at radius 1 is 1.19 bits per heavy atom. The molecule has 114 valence electrons. The third-order valence-electron chi connectivity index (χ3n) is 3.49. The summed E-state index contributed by atoms with van der Waals surface area (Å²) in [5, 5.41) is 2.87. The van der Waals surface area contributed by atoms with Gasteiger partial charge in [-0.1, -0.05) is 26.0 Å². The van der Waals surface area contributed by atoms with E-state index in [0.29, 0.717) is 6.54 Å². The van der Waals surface area contributed by atoms with E-state index in [9.17, 15) is 9.59 Å². The lowest BCUT2D eigenvalue weighted by atomic mass is 10.1. The van der Waals surface area contributed by atoms with Crippen LogP contribution in [-0.2, 0) is 11.3 Å². The Bertz CT molecular complexity index is 494. The molecular weight excluding hydrogens is 284 g/mol. The summed E-state index contributed by atoms with van der Waals surface area (Å²) in [5.74, 6) is 2.17. The normalized spacial score (nSPS) is 15.1. The molecule has 0 saturated carbocycles. The molecule has 2 amide bonds. The van der Waals surface area contributed by atoms with E-state index < -0.39 is 0 Å². The van der Waals surface area contributed by atoms with Crippen molar-refractivity contribution in [3.8, 4) is 0 Å². The second-order valence-corrected chi connectivity index (χ2v) is 6.70. The average Bonchev–Trinajstić information content (AvgIpc) is 2.53. The number of hydrogen-bond acceptors (Lipinski definition) is 3. The number of thioether (sulfide) groups is 1. The Labute approximate surface area is 130 Å². The molecule has 0 aromatic heterocycles. The van der Waals surface area contributed by atoms with Gasteiger partial charge >= 0.3 is 0 Å². The second kappa shape index (κ2) is 7.50. The van der Waals surface area contributed by atoms with Crippen molar-refractivity contribution in [1.82, 2.24) is 10.2 Å². The highest BCUT2D eigenvalue weighted by Gasteiger charge is 2.18. The van der Waals surface area contributed by atoms with Crippen molar-refractivity contribution in [3.05, 3.63) is 35.4 Å². The number of carbonyl (C=O) groups is 2. The zero-order valence-corrected chi connectivity index (χ0v) is 13.4. The molecule has 4 nitrogen and oxygen atoms in total. The lowest BCUT2D eigenvalue weighted by molar-refractivity contribution is -0.124. The molecule has 1 aromatic rings. The van der Waals surface area contributed by atoms with Crippen LogP contribution in [0.5, 0.6) is 0 Å². The van der Waals surface area contributed by atoms with E-state index in [-0.39, 0.29) is 17.7 Å². The number of benzene rings is 1. The number of nitrogens with zero attached hydrogens (tertiary/aromatic N) is 1. The maximum Gasteiger partial charge on any atom is 0.253 e. The Morgan fingerprint density at radius 3 is 2.38 bits per heavy atom. The van der Waals surface area contributed by atoms with Gasteiger partial charge in [-0.25, -0.2) is 0 Å². The molecule has 1 N–H and O–H groups in total. The van der Waals surface area contributed by atoms with Crippen molar-refractivity contribution in [2.45, 2.75) is 20.4 Å². The molecule has 1 aromatic carbocycles. The summed E-state index contributed by atoms with van der Waals surface area (Å²) in [6.45, 7) is 5.90. The highest BCUT2D eigenvalue weighted by molar-refractivity contribution is 7.99. The molecule has 0 aliphatic carbocycles. The van der Waals surface area contributed by atoms with Gasteiger partial charge in [-0.2, -0.15) is 11.8 Å². The number of carbonyl (C=O) groups excluding carboxylic acids is 2. The highest BCUT2D eigenvalue weighted by atomic mass is 32.2. The number of hydrogen-bond donors (Lipinski definition) is 1. The van der Waals surface area contributed by atoms with Gasteiger partial charge in [0.2, 0.25) is 5.91 Å². The monoisotopic (exact) mass is 306 g/mol. The summed E-state index contributed by atoms with van der Waals surface area (Å²) in [6.07, 6.45) is 0. The smallest absolute Gasteiger partial charge is 0.253 e. The quantitative estimate of drug-likeness (QED) is 0.927. The van der Waals surface area contributed by atoms with Gasteiger partial charge in [-0.3, -0.25) is 9.59 Å². The van der Waals surface area contributed by atoms with Gasteiger partial charge in [0, 0.05) is 42.6 Å². The minimum Gasteiger partial charge on any atom is -0.352 e. The number of rotatable bonds is 4. The van der Waals surface area contributed by atoms with Crippen LogP contribution in [0.4, 0.5) is 0 Å². The first-order valence-electron chi connectivity index (χ1n) is 7.31. The molecule has 2 rings (SSSR count). The lowest BCUT2D eigenvalue weighted by Gasteiger charge is -2.26. The van der Waals surface area contributed by atoms with Crippen LogP contribution in [0.2, 0.25) is 0 Å². The maximum absolute atomic E-state index is 12.3. The van der Waals surface area contributed by atoms with Crippen molar-refractivity contribution >= 4 is 23.6 Å². The lowest BCUT2D eigenvalue weighted by Crippen LogP contribution is -2.37. The molecule has 5 heteroatoms. The van der Waals surface area contributed by atoms with Crippen LogP contribution in [-0.4, -0.2) is 41.3 Å². The standard InChI is InChI=1S/C16H22N2O2S/c1-12(2)15(19)17-11-13-3-5-14(6-4-13)16(20)18-7-9-21-10-8-18/h3-6,12H,7-11H2,1-2H3,(H,17,19). The third-order valence-corrected chi connectivity index (χ3v) is 4.43. The van der Waals surface area contributed by atoms with Crippen molar-refractivity contribution in [2.75, 3.05) is 24.6 Å². The van der Waals surface area contributed by atoms with Gasteiger partial charge < -0.3 is 10.2 Å². The average molecular weight is 306 g/mol. The largest absolute Gasteiger partial charge is 0.352 e. The minimum absolute atomic E-state index is 0.0113. The van der Waals surface area contributed by atoms with Crippen LogP contribution in [0, 0.1) is 5.92 Å². The zero-order chi connectivity index (χ0) is 15.2. The molecule has 0 unspecified atom stereocenters. The fourth-order valence-electron chi connectivity index (χ4n) is 2.11. The number of nitrogens with one attached hydrogen (secondary N) is 1. The van der Waals surface area contributed by atoms with Crippen LogP contribution >= 0.6 is 11.8 Å². The van der Waals surface area contributed by atoms with Gasteiger partial charge in [0.1, 0.15) is 0 Å². The highest BCUT2D eigenvalue weighted by Crippen LogP contribution is 2.13. The van der Waals surface area contributed by atoms with Crippen molar-refractivity contribution in [2.24, 2.45) is 5.92 Å². The van der Waals surface area contributed by atoms with E-state index in [0.717, 1.165) is 35.7 Å². The van der Waals surface area contributed by atoms with E-state index in [4.69, 9.17) is 0 Å². The van der Waals surface area contributed by atoms with E-state index in [1.807, 2.05) is 54.8 Å². The molecule has 1 heterocycles. The molecule has 1 saturated heterocycles. The molecule has 0 bridgehead atoms. The van der Waals surface area contributed by atoms with Crippen LogP contribution < -0.4 is 5.32 Å². The van der Waals surface area contributed by atoms with Crippen molar-refractivity contribution in [1.29, 1.82) is 0 Å². The fourth-order valence-corrected chi connectivity index (χ4v) is 3.01. The molecule has 21 heavy (non-hydrogen) atoms. The Morgan fingerprint density at radius 2 is 1.81 bits per heavy atom. The van der Waals surface area contributed by atoms with E-state index in [2.05, 4.69) is 5.32 Å². The molecule has 0 radical (unpaired) electrons. The summed E-state index contributed by atoms with van der Waals surface area (Å²) in [4.78, 5) is 25.7. The summed E-state index contributed by atoms with van der Waals surface area (Å²) in [7, 11) is 0. The van der Waals surface area contributed by atoms with Gasteiger partial charge in [0.25, 0.3) is 5.91 Å². The van der Waals surface area contributed by atoms with Crippen molar-refractivity contribution in [3.63, 3.8) is 0 Å². The Balaban J connectivity index is 1.92. The second-order valence-electron chi connectivity index (χ2n) is 5.47. The Kier molecular flexibility index (Phi) is 5.67. The predicted octanol–water partition coefficient (Wildman–Crippen LogP) is 2.15. The molecule has 0 atom stereocenters. The topological polar surface area (TPSA) is 49.4 Å². The zero-order valence-electron chi connectivity index (χ0n) is 12.6. The van der Waals surface area contributed by atoms with Crippen molar-refractivity contribution < 1.29 is 9.59 Å². The third kappa shape index (κ3) is 4.49. The summed E-state index contributed by atoms with van der Waals surface area (Å²) < 4.78 is 0. The summed E-state index contributed by atoms with van der Waals surface area (Å²) in [6, 6.07) is 7.51. The van der Waals surface area contributed by atoms with Crippen LogP contribution in [0.1, 0.15) is 29.8 Å². The van der Waals surface area contributed by atoms with Gasteiger partial charge in [0.15, 0.2) is 0 Å². The van der Waals surface area contributed by atoms with E-state index in [1.54, 1.807) is 0 Å². The molecule has 0 spiro atoms. The van der Waals surface area contributed by atoms with Crippen LogP contribution in [0.15, 0.2) is 24.3 Å². The summed E-state index contributed by atoms with van der Waals surface area (Å²) >= 11 is 1.89. The molecule has 1 aliphatic heterocycles. The first kappa shape index (κ1) is 15.9. The maximum atomic E-state index is 12.3. The molecule has 1 fully saturated rings. The molecular formula is C16H22N2O2S. The van der Waals surface area contributed by atoms with Gasteiger partial charge in [-0.05, 0) is 17.7 Å². The predicted molar refractivity (Wildman–Crippen MR) is 86.4 cm³/mol. The van der Waals surface area contributed by atoms with Gasteiger partial charge in [-0.15, -0.1) is 0 Å². The Hall–Kier alpha value is -1.49. The first-order chi connectivity index (χ1) is 10.1. The number of amides is 2. The summed E-state index contributed by atoms with van der Waals surface area (Å²) in [5.41, 5.74) is 1.73. The first-order valence-corrected chi connectivity index (χ1v) is 8.47. The van der Waals surface area contributed by atoms with E-state index in [1.165, 1.54) is 0 Å². The van der Waals surface area contributed by atoms with Crippen LogP contribution in [0.25, 0.3) is 0 Å². The minimum atomic E-state index is -0.0113. The van der Waals surface area contributed by atoms with Crippen LogP contribution in [0.3, 0.4) is 0 Å².